The van der Waals surface area contributed by atoms with Crippen molar-refractivity contribution >= 4 is 11.4 Å². The van der Waals surface area contributed by atoms with Gasteiger partial charge in [-0.25, -0.2) is 0 Å². The molecule has 0 fully saturated rings. The Kier molecular flexibility index (Phi) is 3.48. The van der Waals surface area contributed by atoms with E-state index in [-0.39, 0.29) is 16.7 Å². The zero-order chi connectivity index (χ0) is 14.8. The van der Waals surface area contributed by atoms with Crippen LogP contribution in [0.3, 0.4) is 0 Å². The maximum atomic E-state index is 11.0. The molecule has 0 spiro atoms. The molecule has 5 heteroatoms. The zero-order valence-corrected chi connectivity index (χ0v) is 11.7. The van der Waals surface area contributed by atoms with Crippen molar-refractivity contribution < 1.29 is 9.66 Å². The minimum absolute atomic E-state index is 0.0167. The molecule has 1 unspecified atom stereocenters. The van der Waals surface area contributed by atoms with Crippen LogP contribution in [0, 0.1) is 10.1 Å². The van der Waals surface area contributed by atoms with Gasteiger partial charge in [0.15, 0.2) is 0 Å². The van der Waals surface area contributed by atoms with Gasteiger partial charge in [-0.15, -0.1) is 0 Å². The fourth-order valence-corrected chi connectivity index (χ4v) is 2.55. The first-order chi connectivity index (χ1) is 10.1. The van der Waals surface area contributed by atoms with Crippen LogP contribution in [0.5, 0.6) is 5.75 Å². The van der Waals surface area contributed by atoms with Crippen LogP contribution in [0.1, 0.15) is 24.1 Å². The Morgan fingerprint density at radius 3 is 2.90 bits per heavy atom. The second kappa shape index (κ2) is 5.44. The topological polar surface area (TPSA) is 64.4 Å². The van der Waals surface area contributed by atoms with Crippen molar-refractivity contribution in [2.75, 3.05) is 11.9 Å². The fourth-order valence-electron chi connectivity index (χ4n) is 2.55. The summed E-state index contributed by atoms with van der Waals surface area (Å²) >= 11 is 0. The Labute approximate surface area is 122 Å². The van der Waals surface area contributed by atoms with Gasteiger partial charge in [0.05, 0.1) is 11.5 Å². The van der Waals surface area contributed by atoms with Crippen LogP contribution in [0.15, 0.2) is 42.5 Å². The Morgan fingerprint density at radius 1 is 1.29 bits per heavy atom. The Hall–Kier alpha value is -2.56. The van der Waals surface area contributed by atoms with E-state index in [1.54, 1.807) is 18.2 Å². The molecule has 1 aliphatic rings. The summed E-state index contributed by atoms with van der Waals surface area (Å²) in [5, 5.41) is 14.3. The van der Waals surface area contributed by atoms with E-state index in [0.29, 0.717) is 5.69 Å². The molecule has 108 valence electrons. The molecule has 1 atom stereocenters. The van der Waals surface area contributed by atoms with E-state index >= 15 is 0 Å². The number of rotatable bonds is 4. The molecule has 1 aliphatic heterocycles. The van der Waals surface area contributed by atoms with Crippen molar-refractivity contribution in [2.45, 2.75) is 19.4 Å². The summed E-state index contributed by atoms with van der Waals surface area (Å²) in [4.78, 5) is 10.7. The van der Waals surface area contributed by atoms with Crippen molar-refractivity contribution in [3.05, 3.63) is 63.7 Å². The summed E-state index contributed by atoms with van der Waals surface area (Å²) < 4.78 is 5.49. The van der Waals surface area contributed by atoms with E-state index in [9.17, 15) is 10.1 Å². The van der Waals surface area contributed by atoms with Crippen molar-refractivity contribution in [3.63, 3.8) is 0 Å². The third-order valence-corrected chi connectivity index (χ3v) is 3.69. The summed E-state index contributed by atoms with van der Waals surface area (Å²) in [6.45, 7) is 2.72. The lowest BCUT2D eigenvalue weighted by Gasteiger charge is -2.16. The first kappa shape index (κ1) is 13.4. The lowest BCUT2D eigenvalue weighted by Crippen LogP contribution is -2.08. The van der Waals surface area contributed by atoms with E-state index in [1.807, 2.05) is 19.1 Å². The van der Waals surface area contributed by atoms with E-state index in [1.165, 1.54) is 11.6 Å². The molecule has 0 aliphatic carbocycles. The van der Waals surface area contributed by atoms with E-state index in [2.05, 4.69) is 11.4 Å². The molecule has 0 radical (unpaired) electrons. The Balaban J connectivity index is 1.83. The first-order valence-electron chi connectivity index (χ1n) is 6.91. The van der Waals surface area contributed by atoms with Gasteiger partial charge < -0.3 is 10.1 Å². The number of nitro benzene ring substituents is 1. The van der Waals surface area contributed by atoms with Gasteiger partial charge >= 0.3 is 0 Å². The largest absolute Gasteiger partial charge is 0.493 e. The fraction of sp³-hybridized carbons (Fsp3) is 0.250. The summed E-state index contributed by atoms with van der Waals surface area (Å²) in [5.41, 5.74) is 2.92. The van der Waals surface area contributed by atoms with E-state index in [0.717, 1.165) is 24.3 Å². The molecule has 2 aromatic carbocycles. The standard InChI is InChI=1S/C16H16N2O3/c1-11(12-6-7-16-13(10-12)8-9-21-16)17-14-4-2-3-5-15(14)18(19)20/h2-7,10-11,17H,8-9H2,1H3. The van der Waals surface area contributed by atoms with Crippen molar-refractivity contribution in [1.82, 2.24) is 0 Å². The highest BCUT2D eigenvalue weighted by Gasteiger charge is 2.17. The van der Waals surface area contributed by atoms with Gasteiger partial charge in [0.2, 0.25) is 0 Å². The SMILES string of the molecule is CC(Nc1ccccc1[N+](=O)[O-])c1ccc2c(c1)CCO2. The van der Waals surface area contributed by atoms with Gasteiger partial charge in [0.25, 0.3) is 5.69 Å². The van der Waals surface area contributed by atoms with Crippen LogP contribution in [-0.4, -0.2) is 11.5 Å². The molecule has 2 aromatic rings. The summed E-state index contributed by atoms with van der Waals surface area (Å²) in [7, 11) is 0. The predicted octanol–water partition coefficient (Wildman–Crippen LogP) is 3.70. The lowest BCUT2D eigenvalue weighted by molar-refractivity contribution is -0.384. The number of nitrogens with zero attached hydrogens (tertiary/aromatic N) is 1. The molecule has 1 heterocycles. The third-order valence-electron chi connectivity index (χ3n) is 3.69. The number of hydrogen-bond acceptors (Lipinski definition) is 4. The zero-order valence-electron chi connectivity index (χ0n) is 11.7. The van der Waals surface area contributed by atoms with Gasteiger partial charge in [0.1, 0.15) is 11.4 Å². The van der Waals surface area contributed by atoms with Crippen LogP contribution < -0.4 is 10.1 Å². The number of anilines is 1. The van der Waals surface area contributed by atoms with Crippen LogP contribution in [0.2, 0.25) is 0 Å². The maximum absolute atomic E-state index is 11.0. The van der Waals surface area contributed by atoms with E-state index in [4.69, 9.17) is 4.74 Å². The quantitative estimate of drug-likeness (QED) is 0.686. The highest BCUT2D eigenvalue weighted by atomic mass is 16.6. The molecule has 0 bridgehead atoms. The lowest BCUT2D eigenvalue weighted by atomic mass is 10.0. The number of hydrogen-bond donors (Lipinski definition) is 1. The van der Waals surface area contributed by atoms with Crippen LogP contribution >= 0.6 is 0 Å². The van der Waals surface area contributed by atoms with Gasteiger partial charge in [0, 0.05) is 18.5 Å². The minimum atomic E-state index is -0.369. The molecule has 0 saturated heterocycles. The molecule has 3 rings (SSSR count). The molecule has 0 amide bonds. The molecular formula is C16H16N2O3. The van der Waals surface area contributed by atoms with Crippen LogP contribution in [0.4, 0.5) is 11.4 Å². The molecule has 1 N–H and O–H groups in total. The Bertz CT molecular complexity index is 685. The molecular weight excluding hydrogens is 268 g/mol. The maximum Gasteiger partial charge on any atom is 0.292 e. The monoisotopic (exact) mass is 284 g/mol. The Morgan fingerprint density at radius 2 is 2.10 bits per heavy atom. The predicted molar refractivity (Wildman–Crippen MR) is 80.8 cm³/mol. The normalized spacial score (nSPS) is 14.1. The molecule has 21 heavy (non-hydrogen) atoms. The highest BCUT2D eigenvalue weighted by molar-refractivity contribution is 5.62. The van der Waals surface area contributed by atoms with Crippen molar-refractivity contribution in [2.24, 2.45) is 0 Å². The third kappa shape index (κ3) is 2.67. The minimum Gasteiger partial charge on any atom is -0.493 e. The number of nitrogens with one attached hydrogen (secondary N) is 1. The smallest absolute Gasteiger partial charge is 0.292 e. The number of ether oxygens (including phenoxy) is 1. The van der Waals surface area contributed by atoms with Crippen molar-refractivity contribution in [1.29, 1.82) is 0 Å². The van der Waals surface area contributed by atoms with Crippen LogP contribution in [-0.2, 0) is 6.42 Å². The molecule has 0 aromatic heterocycles. The summed E-state index contributed by atoms with van der Waals surface area (Å²) in [6.07, 6.45) is 0.918. The number of para-hydroxylation sites is 2. The van der Waals surface area contributed by atoms with Gasteiger partial charge in [-0.1, -0.05) is 18.2 Å². The second-order valence-electron chi connectivity index (χ2n) is 5.11. The second-order valence-corrected chi connectivity index (χ2v) is 5.11. The molecule has 5 nitrogen and oxygen atoms in total. The first-order valence-corrected chi connectivity index (χ1v) is 6.91. The van der Waals surface area contributed by atoms with Gasteiger partial charge in [-0.05, 0) is 36.2 Å². The number of benzene rings is 2. The van der Waals surface area contributed by atoms with Gasteiger partial charge in [-0.2, -0.15) is 0 Å². The average Bonchev–Trinajstić information content (AvgIpc) is 2.94. The average molecular weight is 284 g/mol. The number of fused-ring (bicyclic) bond motifs is 1. The van der Waals surface area contributed by atoms with Gasteiger partial charge in [-0.3, -0.25) is 10.1 Å². The van der Waals surface area contributed by atoms with Crippen LogP contribution in [0.25, 0.3) is 0 Å². The van der Waals surface area contributed by atoms with Crippen molar-refractivity contribution in [3.8, 4) is 5.75 Å². The summed E-state index contributed by atoms with van der Waals surface area (Å²) in [6, 6.07) is 12.7. The highest BCUT2D eigenvalue weighted by Crippen LogP contribution is 2.31. The number of nitro groups is 1. The molecule has 0 saturated carbocycles. The van der Waals surface area contributed by atoms with E-state index < -0.39 is 0 Å². The summed E-state index contributed by atoms with van der Waals surface area (Å²) in [5.74, 6) is 0.941.